The second-order valence-electron chi connectivity index (χ2n) is 6.38. The summed E-state index contributed by atoms with van der Waals surface area (Å²) in [6, 6.07) is 5.34. The third kappa shape index (κ3) is 6.67. The van der Waals surface area contributed by atoms with Crippen molar-refractivity contribution in [3.63, 3.8) is 0 Å². The molecule has 1 rings (SSSR count). The van der Waals surface area contributed by atoms with Crippen LogP contribution in [0.4, 0.5) is 11.4 Å². The van der Waals surface area contributed by atoms with Gasteiger partial charge in [-0.2, -0.15) is 0 Å². The maximum Gasteiger partial charge on any atom is 0.340 e. The van der Waals surface area contributed by atoms with Crippen LogP contribution >= 0.6 is 0 Å². The first-order chi connectivity index (χ1) is 12.4. The molecule has 1 aromatic rings. The minimum absolute atomic E-state index is 0.00289. The quantitative estimate of drug-likeness (QED) is 0.444. The Morgan fingerprint density at radius 3 is 2.38 bits per heavy atom. The molecule has 0 atom stereocenters. The molecule has 0 aliphatic carbocycles. The predicted molar refractivity (Wildman–Crippen MR) is 105 cm³/mol. The Balaban J connectivity index is 2.83. The van der Waals surface area contributed by atoms with E-state index in [9.17, 15) is 9.59 Å². The molecule has 0 N–H and O–H groups in total. The van der Waals surface area contributed by atoms with Gasteiger partial charge in [0.2, 0.25) is 0 Å². The van der Waals surface area contributed by atoms with Crippen LogP contribution in [0.2, 0.25) is 0 Å². The normalized spacial score (nSPS) is 10.5. The molecule has 146 valence electrons. The van der Waals surface area contributed by atoms with Crippen molar-refractivity contribution in [1.29, 1.82) is 0 Å². The van der Waals surface area contributed by atoms with Gasteiger partial charge in [-0.15, -0.1) is 0 Å². The van der Waals surface area contributed by atoms with E-state index in [0.717, 1.165) is 18.5 Å². The van der Waals surface area contributed by atoms with E-state index in [0.29, 0.717) is 17.9 Å². The van der Waals surface area contributed by atoms with Gasteiger partial charge in [0.1, 0.15) is 6.61 Å². The SMILES string of the molecule is CCCCCCOCC(=O)N(C)c1cc(N(C)C)ccc1C(=O)OCC. The summed E-state index contributed by atoms with van der Waals surface area (Å²) in [4.78, 5) is 28.1. The highest BCUT2D eigenvalue weighted by atomic mass is 16.5. The number of carbonyl (C=O) groups is 2. The van der Waals surface area contributed by atoms with E-state index in [4.69, 9.17) is 9.47 Å². The van der Waals surface area contributed by atoms with Gasteiger partial charge < -0.3 is 19.3 Å². The zero-order chi connectivity index (χ0) is 19.5. The molecule has 26 heavy (non-hydrogen) atoms. The summed E-state index contributed by atoms with van der Waals surface area (Å²) in [5, 5.41) is 0. The zero-order valence-corrected chi connectivity index (χ0v) is 16.7. The molecule has 6 nitrogen and oxygen atoms in total. The zero-order valence-electron chi connectivity index (χ0n) is 16.7. The van der Waals surface area contributed by atoms with Gasteiger partial charge in [0, 0.05) is 33.4 Å². The van der Waals surface area contributed by atoms with Crippen molar-refractivity contribution < 1.29 is 19.1 Å². The van der Waals surface area contributed by atoms with E-state index in [-0.39, 0.29) is 19.1 Å². The number of esters is 1. The highest BCUT2D eigenvalue weighted by molar-refractivity contribution is 6.03. The lowest BCUT2D eigenvalue weighted by Gasteiger charge is -2.23. The third-order valence-corrected chi connectivity index (χ3v) is 4.10. The molecule has 1 aromatic carbocycles. The van der Waals surface area contributed by atoms with E-state index >= 15 is 0 Å². The van der Waals surface area contributed by atoms with Crippen LogP contribution in [0, 0.1) is 0 Å². The number of anilines is 2. The van der Waals surface area contributed by atoms with Crippen LogP contribution in [0.5, 0.6) is 0 Å². The number of hydrogen-bond acceptors (Lipinski definition) is 5. The first-order valence-corrected chi connectivity index (χ1v) is 9.25. The van der Waals surface area contributed by atoms with Crippen molar-refractivity contribution in [3.8, 4) is 0 Å². The van der Waals surface area contributed by atoms with Crippen LogP contribution in [-0.4, -0.2) is 52.8 Å². The van der Waals surface area contributed by atoms with Crippen molar-refractivity contribution in [2.75, 3.05) is 50.8 Å². The van der Waals surface area contributed by atoms with Crippen LogP contribution in [0.25, 0.3) is 0 Å². The van der Waals surface area contributed by atoms with Crippen LogP contribution in [0.1, 0.15) is 49.9 Å². The minimum atomic E-state index is -0.437. The standard InChI is InChI=1S/C20H32N2O4/c1-6-8-9-10-13-25-15-19(23)22(5)18-14-16(21(3)4)11-12-17(18)20(24)26-7-2/h11-12,14H,6-10,13,15H2,1-5H3. The molecule has 0 fully saturated rings. The number of likely N-dealkylation sites (N-methyl/N-ethyl adjacent to an activating group) is 1. The molecular formula is C20H32N2O4. The molecule has 0 aromatic heterocycles. The second-order valence-corrected chi connectivity index (χ2v) is 6.38. The van der Waals surface area contributed by atoms with Crippen LogP contribution < -0.4 is 9.80 Å². The summed E-state index contributed by atoms with van der Waals surface area (Å²) < 4.78 is 10.6. The largest absolute Gasteiger partial charge is 0.462 e. The Bertz CT molecular complexity index is 587. The Labute approximate surface area is 157 Å². The predicted octanol–water partition coefficient (Wildman–Crippen LogP) is 3.49. The van der Waals surface area contributed by atoms with E-state index in [1.54, 1.807) is 20.0 Å². The molecule has 0 aliphatic heterocycles. The number of ether oxygens (including phenoxy) is 2. The molecular weight excluding hydrogens is 332 g/mol. The second kappa shape index (κ2) is 11.5. The van der Waals surface area contributed by atoms with E-state index in [1.165, 1.54) is 17.7 Å². The van der Waals surface area contributed by atoms with E-state index in [2.05, 4.69) is 6.92 Å². The Hall–Kier alpha value is -2.08. The lowest BCUT2D eigenvalue weighted by molar-refractivity contribution is -0.122. The van der Waals surface area contributed by atoms with Gasteiger partial charge in [0.15, 0.2) is 0 Å². The molecule has 0 saturated carbocycles. The minimum Gasteiger partial charge on any atom is -0.462 e. The van der Waals surface area contributed by atoms with Crippen LogP contribution in [-0.2, 0) is 14.3 Å². The van der Waals surface area contributed by atoms with E-state index in [1.807, 2.05) is 31.1 Å². The molecule has 0 saturated heterocycles. The van der Waals surface area contributed by atoms with Gasteiger partial charge >= 0.3 is 5.97 Å². The fraction of sp³-hybridized carbons (Fsp3) is 0.600. The molecule has 0 bridgehead atoms. The van der Waals surface area contributed by atoms with Gasteiger partial charge in [-0.1, -0.05) is 26.2 Å². The first-order valence-electron chi connectivity index (χ1n) is 9.25. The highest BCUT2D eigenvalue weighted by Crippen LogP contribution is 2.26. The maximum atomic E-state index is 12.5. The third-order valence-electron chi connectivity index (χ3n) is 4.10. The van der Waals surface area contributed by atoms with Gasteiger partial charge in [0.25, 0.3) is 5.91 Å². The highest BCUT2D eigenvalue weighted by Gasteiger charge is 2.20. The van der Waals surface area contributed by atoms with Gasteiger partial charge in [0.05, 0.1) is 17.9 Å². The summed E-state index contributed by atoms with van der Waals surface area (Å²) in [6.07, 6.45) is 4.41. The summed E-state index contributed by atoms with van der Waals surface area (Å²) >= 11 is 0. The summed E-state index contributed by atoms with van der Waals surface area (Å²) in [6.45, 7) is 4.76. The summed E-state index contributed by atoms with van der Waals surface area (Å²) in [5.74, 6) is -0.630. The fourth-order valence-corrected chi connectivity index (χ4v) is 2.48. The lowest BCUT2D eigenvalue weighted by atomic mass is 10.1. The van der Waals surface area contributed by atoms with Gasteiger partial charge in [-0.3, -0.25) is 4.79 Å². The molecule has 0 radical (unpaired) electrons. The van der Waals surface area contributed by atoms with Gasteiger partial charge in [-0.25, -0.2) is 4.79 Å². The Morgan fingerprint density at radius 2 is 1.77 bits per heavy atom. The Kier molecular flexibility index (Phi) is 9.73. The lowest BCUT2D eigenvalue weighted by Crippen LogP contribution is -2.32. The number of benzene rings is 1. The fourth-order valence-electron chi connectivity index (χ4n) is 2.48. The molecule has 0 aliphatic rings. The molecule has 6 heteroatoms. The number of unbranched alkanes of at least 4 members (excludes halogenated alkanes) is 3. The van der Waals surface area contributed by atoms with Crippen molar-refractivity contribution in [1.82, 2.24) is 0 Å². The average Bonchev–Trinajstić information content (AvgIpc) is 2.63. The van der Waals surface area contributed by atoms with Crippen LogP contribution in [0.15, 0.2) is 18.2 Å². The summed E-state index contributed by atoms with van der Waals surface area (Å²) in [7, 11) is 5.47. The first kappa shape index (κ1) is 22.0. The number of hydrogen-bond donors (Lipinski definition) is 0. The van der Waals surface area contributed by atoms with Gasteiger partial charge in [-0.05, 0) is 31.5 Å². The van der Waals surface area contributed by atoms with Crippen molar-refractivity contribution in [2.24, 2.45) is 0 Å². The molecule has 0 spiro atoms. The topological polar surface area (TPSA) is 59.1 Å². The molecule has 0 heterocycles. The van der Waals surface area contributed by atoms with Crippen molar-refractivity contribution >= 4 is 23.3 Å². The smallest absolute Gasteiger partial charge is 0.340 e. The Morgan fingerprint density at radius 1 is 1.04 bits per heavy atom. The molecule has 0 unspecified atom stereocenters. The number of rotatable bonds is 11. The summed E-state index contributed by atoms with van der Waals surface area (Å²) in [5.41, 5.74) is 1.79. The van der Waals surface area contributed by atoms with Crippen LogP contribution in [0.3, 0.4) is 0 Å². The average molecular weight is 364 g/mol. The molecule has 1 amide bonds. The number of amides is 1. The van der Waals surface area contributed by atoms with Crippen molar-refractivity contribution in [2.45, 2.75) is 39.5 Å². The number of carbonyl (C=O) groups excluding carboxylic acids is 2. The van der Waals surface area contributed by atoms with Crippen molar-refractivity contribution in [3.05, 3.63) is 23.8 Å². The monoisotopic (exact) mass is 364 g/mol. The number of nitrogens with zero attached hydrogens (tertiary/aromatic N) is 2. The van der Waals surface area contributed by atoms with E-state index < -0.39 is 5.97 Å². The maximum absolute atomic E-state index is 12.5.